The first kappa shape index (κ1) is 18.8. The van der Waals surface area contributed by atoms with E-state index < -0.39 is 0 Å². The number of amides is 1. The number of furan rings is 1. The zero-order chi connectivity index (χ0) is 20.7. The fourth-order valence-electron chi connectivity index (χ4n) is 3.24. The largest absolute Gasteiger partial charge is 0.457 e. The molecule has 5 aromatic rings. The monoisotopic (exact) mass is 434 g/mol. The molecular weight excluding hydrogens is 416 g/mol. The van der Waals surface area contributed by atoms with Gasteiger partial charge in [-0.2, -0.15) is 0 Å². The molecule has 0 fully saturated rings. The number of benzene rings is 1. The van der Waals surface area contributed by atoms with Crippen LogP contribution >= 0.6 is 22.7 Å². The van der Waals surface area contributed by atoms with Crippen molar-refractivity contribution in [3.05, 3.63) is 70.7 Å². The third-order valence-corrected chi connectivity index (χ3v) is 6.61. The summed E-state index contributed by atoms with van der Waals surface area (Å²) < 4.78 is 9.01. The third kappa shape index (κ3) is 3.55. The maximum atomic E-state index is 12.3. The molecule has 0 unspecified atom stereocenters. The molecule has 0 radical (unpaired) electrons. The van der Waals surface area contributed by atoms with E-state index in [0.29, 0.717) is 18.1 Å². The molecule has 0 aliphatic heterocycles. The van der Waals surface area contributed by atoms with Crippen molar-refractivity contribution in [2.24, 2.45) is 0 Å². The highest BCUT2D eigenvalue weighted by Crippen LogP contribution is 2.31. The summed E-state index contributed by atoms with van der Waals surface area (Å²) >= 11 is 3.22. The number of carbonyl (C=O) groups is 1. The number of aryl methyl sites for hydroxylation is 2. The normalized spacial score (nSPS) is 11.8. The van der Waals surface area contributed by atoms with Gasteiger partial charge in [0.1, 0.15) is 5.76 Å². The number of nitrogens with zero attached hydrogens (tertiary/aromatic N) is 3. The van der Waals surface area contributed by atoms with E-state index in [9.17, 15) is 4.79 Å². The van der Waals surface area contributed by atoms with Crippen molar-refractivity contribution >= 4 is 49.8 Å². The number of hydrogen-bond donors (Lipinski definition) is 1. The van der Waals surface area contributed by atoms with E-state index in [1.165, 1.54) is 11.0 Å². The Labute approximate surface area is 180 Å². The van der Waals surface area contributed by atoms with Crippen LogP contribution in [0.1, 0.15) is 22.0 Å². The second kappa shape index (κ2) is 7.55. The first-order valence-electron chi connectivity index (χ1n) is 9.42. The number of thiazole rings is 2. The fourth-order valence-corrected chi connectivity index (χ4v) is 5.04. The molecule has 0 saturated heterocycles. The van der Waals surface area contributed by atoms with Gasteiger partial charge in [0.05, 0.1) is 28.1 Å². The molecule has 0 aliphatic carbocycles. The van der Waals surface area contributed by atoms with Crippen molar-refractivity contribution in [1.29, 1.82) is 0 Å². The molecule has 0 aliphatic rings. The average molecular weight is 435 g/mol. The highest BCUT2D eigenvalue weighted by Gasteiger charge is 2.11. The Bertz CT molecular complexity index is 1370. The molecule has 0 saturated carbocycles. The lowest BCUT2D eigenvalue weighted by molar-refractivity contribution is -0.116. The van der Waals surface area contributed by atoms with E-state index in [4.69, 9.17) is 4.42 Å². The van der Waals surface area contributed by atoms with Crippen molar-refractivity contribution in [1.82, 2.24) is 19.7 Å². The van der Waals surface area contributed by atoms with Gasteiger partial charge in [-0.15, -0.1) is 22.7 Å². The van der Waals surface area contributed by atoms with Crippen LogP contribution < -0.4 is 5.32 Å². The van der Waals surface area contributed by atoms with Crippen LogP contribution in [0.5, 0.6) is 0 Å². The summed E-state index contributed by atoms with van der Waals surface area (Å²) in [6.45, 7) is 4.30. The Balaban J connectivity index is 1.25. The lowest BCUT2D eigenvalue weighted by atomic mass is 10.3. The molecule has 6 nitrogen and oxygen atoms in total. The fraction of sp³-hybridized carbons (Fsp3) is 0.136. The SMILES string of the molecule is Cc1cn2c(/C=C/C(=O)NCc3ccc(-c4nc5ccccc5s4)o3)c(C)nc2s1. The predicted octanol–water partition coefficient (Wildman–Crippen LogP) is 5.21. The molecule has 4 aromatic heterocycles. The zero-order valence-electron chi connectivity index (χ0n) is 16.4. The van der Waals surface area contributed by atoms with Crippen molar-refractivity contribution in [3.63, 3.8) is 0 Å². The van der Waals surface area contributed by atoms with Crippen LogP contribution in [0.25, 0.3) is 32.0 Å². The molecule has 1 amide bonds. The molecule has 30 heavy (non-hydrogen) atoms. The van der Waals surface area contributed by atoms with Crippen molar-refractivity contribution in [3.8, 4) is 10.8 Å². The van der Waals surface area contributed by atoms with E-state index >= 15 is 0 Å². The molecular formula is C22H18N4O2S2. The van der Waals surface area contributed by atoms with Gasteiger partial charge in [0.2, 0.25) is 5.91 Å². The number of imidazole rings is 1. The topological polar surface area (TPSA) is 72.4 Å². The standard InChI is InChI=1S/C22H18N4O2S2/c1-13-12-26-17(14(2)24-22(26)29-13)8-10-20(27)23-11-15-7-9-18(28-15)21-25-16-5-3-4-6-19(16)30-21/h3-10,12H,11H2,1-2H3,(H,23,27)/b10-8+. The molecule has 150 valence electrons. The maximum absolute atomic E-state index is 12.3. The molecule has 8 heteroatoms. The second-order valence-corrected chi connectivity index (χ2v) is 9.12. The highest BCUT2D eigenvalue weighted by atomic mass is 32.1. The Kier molecular flexibility index (Phi) is 4.72. The van der Waals surface area contributed by atoms with Gasteiger partial charge in [-0.3, -0.25) is 9.20 Å². The first-order chi connectivity index (χ1) is 14.6. The summed E-state index contributed by atoms with van der Waals surface area (Å²) in [5.41, 5.74) is 2.77. The van der Waals surface area contributed by atoms with Crippen LogP contribution in [0.2, 0.25) is 0 Å². The third-order valence-electron chi connectivity index (χ3n) is 4.66. The molecule has 0 spiro atoms. The van der Waals surface area contributed by atoms with Gasteiger partial charge in [0, 0.05) is 17.2 Å². The van der Waals surface area contributed by atoms with Gasteiger partial charge in [-0.1, -0.05) is 12.1 Å². The Morgan fingerprint density at radius 2 is 2.03 bits per heavy atom. The summed E-state index contributed by atoms with van der Waals surface area (Å²) in [7, 11) is 0. The smallest absolute Gasteiger partial charge is 0.244 e. The van der Waals surface area contributed by atoms with Crippen LogP contribution in [-0.4, -0.2) is 20.3 Å². The average Bonchev–Trinajstić information content (AvgIpc) is 3.48. The Morgan fingerprint density at radius 3 is 2.90 bits per heavy atom. The van der Waals surface area contributed by atoms with Gasteiger partial charge in [0.15, 0.2) is 15.7 Å². The van der Waals surface area contributed by atoms with Gasteiger partial charge in [-0.25, -0.2) is 9.97 Å². The minimum Gasteiger partial charge on any atom is -0.457 e. The number of hydrogen-bond acceptors (Lipinski definition) is 6. The molecule has 4 heterocycles. The van der Waals surface area contributed by atoms with Gasteiger partial charge < -0.3 is 9.73 Å². The van der Waals surface area contributed by atoms with Gasteiger partial charge in [0.25, 0.3) is 0 Å². The molecule has 5 rings (SSSR count). The number of fused-ring (bicyclic) bond motifs is 2. The maximum Gasteiger partial charge on any atom is 0.244 e. The number of para-hydroxylation sites is 1. The summed E-state index contributed by atoms with van der Waals surface area (Å²) in [5.74, 6) is 1.21. The first-order valence-corrected chi connectivity index (χ1v) is 11.1. The lowest BCUT2D eigenvalue weighted by Gasteiger charge is -1.99. The zero-order valence-corrected chi connectivity index (χ0v) is 18.0. The number of carbonyl (C=O) groups excluding carboxylic acids is 1. The van der Waals surface area contributed by atoms with Crippen LogP contribution in [0.15, 0.2) is 53.1 Å². The van der Waals surface area contributed by atoms with Crippen LogP contribution in [0.4, 0.5) is 0 Å². The predicted molar refractivity (Wildman–Crippen MR) is 121 cm³/mol. The van der Waals surface area contributed by atoms with Crippen molar-refractivity contribution in [2.45, 2.75) is 20.4 Å². The van der Waals surface area contributed by atoms with E-state index in [-0.39, 0.29) is 5.91 Å². The summed E-state index contributed by atoms with van der Waals surface area (Å²) in [4.78, 5) is 23.5. The van der Waals surface area contributed by atoms with Crippen molar-refractivity contribution in [2.75, 3.05) is 0 Å². The van der Waals surface area contributed by atoms with E-state index in [0.717, 1.165) is 31.6 Å². The minimum atomic E-state index is -0.186. The Morgan fingerprint density at radius 1 is 1.17 bits per heavy atom. The number of aromatic nitrogens is 3. The molecule has 1 aromatic carbocycles. The summed E-state index contributed by atoms with van der Waals surface area (Å²) in [5, 5.41) is 3.70. The number of nitrogens with one attached hydrogen (secondary N) is 1. The van der Waals surface area contributed by atoms with Gasteiger partial charge in [-0.05, 0) is 44.2 Å². The van der Waals surface area contributed by atoms with Crippen LogP contribution in [-0.2, 0) is 11.3 Å². The molecule has 1 N–H and O–H groups in total. The Hall–Kier alpha value is -3.23. The molecule has 0 atom stereocenters. The lowest BCUT2D eigenvalue weighted by Crippen LogP contribution is -2.19. The van der Waals surface area contributed by atoms with E-state index in [1.54, 1.807) is 28.7 Å². The second-order valence-electron chi connectivity index (χ2n) is 6.88. The van der Waals surface area contributed by atoms with Crippen LogP contribution in [0, 0.1) is 13.8 Å². The minimum absolute atomic E-state index is 0.186. The van der Waals surface area contributed by atoms with E-state index in [2.05, 4.69) is 15.3 Å². The number of rotatable bonds is 5. The van der Waals surface area contributed by atoms with Crippen molar-refractivity contribution < 1.29 is 9.21 Å². The summed E-state index contributed by atoms with van der Waals surface area (Å²) in [6, 6.07) is 11.7. The quantitative estimate of drug-likeness (QED) is 0.385. The van der Waals surface area contributed by atoms with Crippen LogP contribution in [0.3, 0.4) is 0 Å². The molecule has 0 bridgehead atoms. The summed E-state index contributed by atoms with van der Waals surface area (Å²) in [6.07, 6.45) is 5.36. The van der Waals surface area contributed by atoms with Gasteiger partial charge >= 0.3 is 0 Å². The van der Waals surface area contributed by atoms with E-state index in [1.807, 2.05) is 60.8 Å². The highest BCUT2D eigenvalue weighted by molar-refractivity contribution is 7.21.